The van der Waals surface area contributed by atoms with Crippen LogP contribution in [-0.2, 0) is 4.79 Å². The third kappa shape index (κ3) is 6.24. The van der Waals surface area contributed by atoms with Gasteiger partial charge in [-0.1, -0.05) is 19.4 Å². The molecule has 0 spiro atoms. The first kappa shape index (κ1) is 19.6. The number of methoxy groups -OCH3 is 1. The molecular formula is C20H32N2O3. The lowest BCUT2D eigenvalue weighted by atomic mass is 10.00. The van der Waals surface area contributed by atoms with Gasteiger partial charge in [0, 0.05) is 25.2 Å². The standard InChI is InChI=1S/C20H32N2O3/c1-4-17-9-5-6-13-22(17)14-8-12-21-20(23)16(2)25-19-11-7-10-18(15-19)24-3/h7,10-11,15-17H,4-6,8-9,12-14H2,1-3H3,(H,21,23)/t16-,17+/m0/s1. The van der Waals surface area contributed by atoms with Gasteiger partial charge in [0.1, 0.15) is 11.5 Å². The van der Waals surface area contributed by atoms with Crippen molar-refractivity contribution >= 4 is 5.91 Å². The molecule has 0 bridgehead atoms. The number of hydrogen-bond acceptors (Lipinski definition) is 4. The molecule has 25 heavy (non-hydrogen) atoms. The number of ether oxygens (including phenoxy) is 2. The van der Waals surface area contributed by atoms with Crippen molar-refractivity contribution in [2.45, 2.75) is 58.1 Å². The van der Waals surface area contributed by atoms with Gasteiger partial charge >= 0.3 is 0 Å². The molecule has 1 amide bonds. The van der Waals surface area contributed by atoms with Gasteiger partial charge in [-0.25, -0.2) is 0 Å². The molecule has 0 aliphatic carbocycles. The molecule has 2 atom stereocenters. The summed E-state index contributed by atoms with van der Waals surface area (Å²) in [7, 11) is 1.61. The zero-order chi connectivity index (χ0) is 18.1. The predicted molar refractivity (Wildman–Crippen MR) is 100 cm³/mol. The van der Waals surface area contributed by atoms with Gasteiger partial charge in [0.05, 0.1) is 7.11 Å². The van der Waals surface area contributed by atoms with Gasteiger partial charge in [-0.05, 0) is 51.3 Å². The summed E-state index contributed by atoms with van der Waals surface area (Å²) in [6.07, 6.45) is 5.64. The van der Waals surface area contributed by atoms with Crippen LogP contribution in [0.2, 0.25) is 0 Å². The SMILES string of the molecule is CC[C@@H]1CCCCN1CCCNC(=O)[C@H](C)Oc1cccc(OC)c1. The summed E-state index contributed by atoms with van der Waals surface area (Å²) in [5.41, 5.74) is 0. The van der Waals surface area contributed by atoms with Crippen LogP contribution >= 0.6 is 0 Å². The number of benzene rings is 1. The van der Waals surface area contributed by atoms with E-state index in [0.717, 1.165) is 24.8 Å². The Morgan fingerprint density at radius 3 is 2.92 bits per heavy atom. The lowest BCUT2D eigenvalue weighted by molar-refractivity contribution is -0.127. The number of likely N-dealkylation sites (tertiary alicyclic amines) is 1. The number of nitrogens with zero attached hydrogens (tertiary/aromatic N) is 1. The molecule has 0 radical (unpaired) electrons. The molecule has 2 rings (SSSR count). The van der Waals surface area contributed by atoms with Crippen molar-refractivity contribution in [2.24, 2.45) is 0 Å². The lowest BCUT2D eigenvalue weighted by Crippen LogP contribution is -2.41. The Balaban J connectivity index is 1.68. The van der Waals surface area contributed by atoms with Crippen LogP contribution in [0.5, 0.6) is 11.5 Å². The minimum Gasteiger partial charge on any atom is -0.497 e. The summed E-state index contributed by atoms with van der Waals surface area (Å²) >= 11 is 0. The summed E-state index contributed by atoms with van der Waals surface area (Å²) in [5.74, 6) is 1.28. The third-order valence-corrected chi connectivity index (χ3v) is 4.86. The van der Waals surface area contributed by atoms with Crippen molar-refractivity contribution in [3.05, 3.63) is 24.3 Å². The molecule has 1 aliphatic heterocycles. The largest absolute Gasteiger partial charge is 0.497 e. The van der Waals surface area contributed by atoms with E-state index in [1.165, 1.54) is 32.2 Å². The Labute approximate surface area is 151 Å². The lowest BCUT2D eigenvalue weighted by Gasteiger charge is -2.35. The van der Waals surface area contributed by atoms with Gasteiger partial charge in [-0.15, -0.1) is 0 Å². The number of carbonyl (C=O) groups is 1. The van der Waals surface area contributed by atoms with Crippen molar-refractivity contribution in [3.8, 4) is 11.5 Å². The molecule has 0 saturated carbocycles. The third-order valence-electron chi connectivity index (χ3n) is 4.86. The summed E-state index contributed by atoms with van der Waals surface area (Å²) < 4.78 is 10.9. The molecule has 5 heteroatoms. The van der Waals surface area contributed by atoms with Gasteiger partial charge in [-0.2, -0.15) is 0 Å². The summed E-state index contributed by atoms with van der Waals surface area (Å²) in [5, 5.41) is 2.98. The highest BCUT2D eigenvalue weighted by molar-refractivity contribution is 5.80. The number of hydrogen-bond donors (Lipinski definition) is 1. The number of amides is 1. The molecule has 1 saturated heterocycles. The average Bonchev–Trinajstić information content (AvgIpc) is 2.65. The first-order valence-corrected chi connectivity index (χ1v) is 9.46. The topological polar surface area (TPSA) is 50.8 Å². The quantitative estimate of drug-likeness (QED) is 0.696. The molecule has 1 N–H and O–H groups in total. The van der Waals surface area contributed by atoms with E-state index in [2.05, 4.69) is 17.1 Å². The van der Waals surface area contributed by atoms with Crippen molar-refractivity contribution in [3.63, 3.8) is 0 Å². The van der Waals surface area contributed by atoms with Crippen molar-refractivity contribution in [1.29, 1.82) is 0 Å². The molecular weight excluding hydrogens is 316 g/mol. The highest BCUT2D eigenvalue weighted by Crippen LogP contribution is 2.20. The molecule has 0 aromatic heterocycles. The first-order valence-electron chi connectivity index (χ1n) is 9.46. The Morgan fingerprint density at radius 2 is 2.16 bits per heavy atom. The van der Waals surface area contributed by atoms with Gasteiger partial charge in [-0.3, -0.25) is 4.79 Å². The minimum atomic E-state index is -0.523. The van der Waals surface area contributed by atoms with Gasteiger partial charge in [0.2, 0.25) is 0 Å². The zero-order valence-electron chi connectivity index (χ0n) is 15.8. The second-order valence-corrected chi connectivity index (χ2v) is 6.68. The second kappa shape index (κ2) is 10.3. The Hall–Kier alpha value is -1.75. The Kier molecular flexibility index (Phi) is 8.06. The summed E-state index contributed by atoms with van der Waals surface area (Å²) in [6, 6.07) is 8.03. The second-order valence-electron chi connectivity index (χ2n) is 6.68. The maximum atomic E-state index is 12.2. The average molecular weight is 348 g/mol. The van der Waals surface area contributed by atoms with E-state index in [4.69, 9.17) is 9.47 Å². The van der Waals surface area contributed by atoms with E-state index < -0.39 is 6.10 Å². The van der Waals surface area contributed by atoms with E-state index in [0.29, 0.717) is 12.3 Å². The monoisotopic (exact) mass is 348 g/mol. The van der Waals surface area contributed by atoms with Crippen LogP contribution in [0.15, 0.2) is 24.3 Å². The number of carbonyl (C=O) groups excluding carboxylic acids is 1. The Bertz CT molecular complexity index is 535. The molecule has 1 heterocycles. The minimum absolute atomic E-state index is 0.0755. The molecule has 1 fully saturated rings. The van der Waals surface area contributed by atoms with Crippen LogP contribution in [0.3, 0.4) is 0 Å². The predicted octanol–water partition coefficient (Wildman–Crippen LogP) is 3.23. The van der Waals surface area contributed by atoms with E-state index in [1.807, 2.05) is 18.2 Å². The molecule has 1 aliphatic rings. The van der Waals surface area contributed by atoms with Crippen LogP contribution < -0.4 is 14.8 Å². The summed E-state index contributed by atoms with van der Waals surface area (Å²) in [4.78, 5) is 14.8. The van der Waals surface area contributed by atoms with Gasteiger partial charge < -0.3 is 19.7 Å². The van der Waals surface area contributed by atoms with E-state index in [-0.39, 0.29) is 5.91 Å². The van der Waals surface area contributed by atoms with Crippen molar-refractivity contribution < 1.29 is 14.3 Å². The highest BCUT2D eigenvalue weighted by atomic mass is 16.5. The molecule has 1 aromatic carbocycles. The molecule has 5 nitrogen and oxygen atoms in total. The van der Waals surface area contributed by atoms with Crippen molar-refractivity contribution in [2.75, 3.05) is 26.7 Å². The first-order chi connectivity index (χ1) is 12.1. The van der Waals surface area contributed by atoms with Gasteiger partial charge in [0.15, 0.2) is 6.10 Å². The van der Waals surface area contributed by atoms with Crippen LogP contribution in [0.25, 0.3) is 0 Å². The maximum Gasteiger partial charge on any atom is 0.260 e. The fraction of sp³-hybridized carbons (Fsp3) is 0.650. The van der Waals surface area contributed by atoms with E-state index >= 15 is 0 Å². The fourth-order valence-electron chi connectivity index (χ4n) is 3.39. The van der Waals surface area contributed by atoms with E-state index in [1.54, 1.807) is 20.1 Å². The molecule has 140 valence electrons. The van der Waals surface area contributed by atoms with Gasteiger partial charge in [0.25, 0.3) is 5.91 Å². The molecule has 0 unspecified atom stereocenters. The molecule has 1 aromatic rings. The van der Waals surface area contributed by atoms with E-state index in [9.17, 15) is 4.79 Å². The van der Waals surface area contributed by atoms with Crippen LogP contribution in [0.4, 0.5) is 0 Å². The van der Waals surface area contributed by atoms with Crippen LogP contribution in [0.1, 0.15) is 46.0 Å². The van der Waals surface area contributed by atoms with Crippen LogP contribution in [-0.4, -0.2) is 49.7 Å². The zero-order valence-corrected chi connectivity index (χ0v) is 15.8. The summed E-state index contributed by atoms with van der Waals surface area (Å²) in [6.45, 7) is 6.98. The Morgan fingerprint density at radius 1 is 1.36 bits per heavy atom. The van der Waals surface area contributed by atoms with Crippen LogP contribution in [0, 0.1) is 0 Å². The smallest absolute Gasteiger partial charge is 0.260 e. The normalized spacial score (nSPS) is 19.2. The fourth-order valence-corrected chi connectivity index (χ4v) is 3.39. The number of nitrogens with one attached hydrogen (secondary N) is 1. The number of rotatable bonds is 9. The van der Waals surface area contributed by atoms with Crippen molar-refractivity contribution in [1.82, 2.24) is 10.2 Å². The number of piperidine rings is 1. The maximum absolute atomic E-state index is 12.2. The highest BCUT2D eigenvalue weighted by Gasteiger charge is 2.20.